The molecule has 2 rings (SSSR count). The molecule has 1 aromatic carbocycles. The molecule has 1 aromatic rings. The second kappa shape index (κ2) is 7.08. The Balaban J connectivity index is 2.07. The van der Waals surface area contributed by atoms with Crippen molar-refractivity contribution >= 4 is 11.9 Å². The van der Waals surface area contributed by atoms with Gasteiger partial charge in [-0.3, -0.25) is 4.79 Å². The van der Waals surface area contributed by atoms with E-state index in [1.807, 2.05) is 0 Å². The number of aliphatic carboxylic acids is 1. The maximum absolute atomic E-state index is 12.1. The summed E-state index contributed by atoms with van der Waals surface area (Å²) in [5, 5.41) is 11.9. The van der Waals surface area contributed by atoms with Gasteiger partial charge in [-0.1, -0.05) is 12.1 Å². The van der Waals surface area contributed by atoms with Crippen molar-refractivity contribution in [3.05, 3.63) is 29.8 Å². The summed E-state index contributed by atoms with van der Waals surface area (Å²) in [6.07, 6.45) is 1.54. The van der Waals surface area contributed by atoms with E-state index in [4.69, 9.17) is 9.47 Å². The lowest BCUT2D eigenvalue weighted by Gasteiger charge is -2.23. The van der Waals surface area contributed by atoms with E-state index >= 15 is 0 Å². The molecular formula is C15H19NO5. The van der Waals surface area contributed by atoms with Crippen molar-refractivity contribution in [2.75, 3.05) is 20.3 Å². The molecule has 1 aliphatic heterocycles. The molecule has 1 saturated heterocycles. The average Bonchev–Trinajstić information content (AvgIpc) is 2.53. The Morgan fingerprint density at radius 3 is 2.62 bits per heavy atom. The highest BCUT2D eigenvalue weighted by atomic mass is 16.5. The monoisotopic (exact) mass is 293 g/mol. The molecule has 0 spiro atoms. The molecule has 6 nitrogen and oxygen atoms in total. The summed E-state index contributed by atoms with van der Waals surface area (Å²) in [7, 11) is 1.54. The fraction of sp³-hybridized carbons (Fsp3) is 0.467. The number of carbonyl (C=O) groups is 2. The van der Waals surface area contributed by atoms with Crippen LogP contribution in [0.15, 0.2) is 24.3 Å². The number of carboxylic acids is 1. The molecule has 1 fully saturated rings. The van der Waals surface area contributed by atoms with Crippen LogP contribution in [0.4, 0.5) is 0 Å². The van der Waals surface area contributed by atoms with Gasteiger partial charge >= 0.3 is 5.97 Å². The predicted molar refractivity (Wildman–Crippen MR) is 75.1 cm³/mol. The fourth-order valence-corrected chi connectivity index (χ4v) is 2.29. The molecule has 0 unspecified atom stereocenters. The van der Waals surface area contributed by atoms with E-state index in [0.717, 1.165) is 12.8 Å². The molecule has 0 bridgehead atoms. The number of amides is 1. The van der Waals surface area contributed by atoms with E-state index in [1.54, 1.807) is 24.3 Å². The molecule has 6 heteroatoms. The summed E-state index contributed by atoms with van der Waals surface area (Å²) in [6, 6.07) is 5.54. The minimum atomic E-state index is -1.09. The lowest BCUT2D eigenvalue weighted by atomic mass is 10.00. The summed E-state index contributed by atoms with van der Waals surface area (Å²) < 4.78 is 10.3. The molecule has 0 saturated carbocycles. The van der Waals surface area contributed by atoms with Gasteiger partial charge in [-0.15, -0.1) is 0 Å². The molecule has 2 N–H and O–H groups in total. The lowest BCUT2D eigenvalue weighted by Crippen LogP contribution is -2.40. The number of rotatable bonds is 5. The number of carboxylic acid groups (broad SMARTS) is 1. The first-order chi connectivity index (χ1) is 10.1. The van der Waals surface area contributed by atoms with Gasteiger partial charge in [0, 0.05) is 6.61 Å². The van der Waals surface area contributed by atoms with Gasteiger partial charge in [0.2, 0.25) is 5.91 Å². The van der Waals surface area contributed by atoms with Gasteiger partial charge < -0.3 is 19.9 Å². The van der Waals surface area contributed by atoms with Crippen molar-refractivity contribution in [1.82, 2.24) is 5.32 Å². The summed E-state index contributed by atoms with van der Waals surface area (Å²) in [4.78, 5) is 23.5. The molecule has 2 atom stereocenters. The van der Waals surface area contributed by atoms with Crippen molar-refractivity contribution in [3.63, 3.8) is 0 Å². The molecule has 0 radical (unpaired) electrons. The van der Waals surface area contributed by atoms with Crippen LogP contribution in [-0.2, 0) is 14.3 Å². The maximum Gasteiger partial charge on any atom is 0.330 e. The smallest absolute Gasteiger partial charge is 0.330 e. The quantitative estimate of drug-likeness (QED) is 0.856. The van der Waals surface area contributed by atoms with Gasteiger partial charge in [-0.2, -0.15) is 0 Å². The van der Waals surface area contributed by atoms with Crippen LogP contribution in [0.2, 0.25) is 0 Å². The van der Waals surface area contributed by atoms with Crippen LogP contribution in [0, 0.1) is 5.92 Å². The molecule has 1 heterocycles. The first kappa shape index (κ1) is 15.3. The van der Waals surface area contributed by atoms with Crippen LogP contribution in [0.25, 0.3) is 0 Å². The van der Waals surface area contributed by atoms with Crippen LogP contribution >= 0.6 is 0 Å². The van der Waals surface area contributed by atoms with Crippen molar-refractivity contribution < 1.29 is 24.2 Å². The Bertz CT molecular complexity index is 493. The Hall–Kier alpha value is -2.08. The number of ether oxygens (including phenoxy) is 2. The molecule has 1 amide bonds. The molecule has 114 valence electrons. The van der Waals surface area contributed by atoms with Crippen molar-refractivity contribution in [3.8, 4) is 5.75 Å². The van der Waals surface area contributed by atoms with Crippen LogP contribution in [0.5, 0.6) is 5.75 Å². The second-order valence-corrected chi connectivity index (χ2v) is 4.97. The molecular weight excluding hydrogens is 274 g/mol. The van der Waals surface area contributed by atoms with Crippen molar-refractivity contribution in [2.45, 2.75) is 18.9 Å². The first-order valence-corrected chi connectivity index (χ1v) is 6.86. The third kappa shape index (κ3) is 3.95. The van der Waals surface area contributed by atoms with E-state index in [9.17, 15) is 14.7 Å². The van der Waals surface area contributed by atoms with Gasteiger partial charge in [0.05, 0.1) is 19.6 Å². The molecule has 0 aliphatic carbocycles. The molecule has 0 aromatic heterocycles. The predicted octanol–water partition coefficient (Wildman–Crippen LogP) is 1.36. The highest BCUT2D eigenvalue weighted by Gasteiger charge is 2.27. The van der Waals surface area contributed by atoms with Gasteiger partial charge in [0.1, 0.15) is 5.75 Å². The zero-order valence-electron chi connectivity index (χ0n) is 11.9. The Morgan fingerprint density at radius 2 is 2.10 bits per heavy atom. The third-order valence-corrected chi connectivity index (χ3v) is 3.51. The second-order valence-electron chi connectivity index (χ2n) is 4.97. The zero-order valence-corrected chi connectivity index (χ0v) is 11.9. The van der Waals surface area contributed by atoms with Gasteiger partial charge in [0.15, 0.2) is 6.04 Å². The largest absolute Gasteiger partial charge is 0.497 e. The minimum Gasteiger partial charge on any atom is -0.497 e. The first-order valence-electron chi connectivity index (χ1n) is 6.86. The number of nitrogens with one attached hydrogen (secondary N) is 1. The van der Waals surface area contributed by atoms with Gasteiger partial charge in [0.25, 0.3) is 0 Å². The standard InChI is InChI=1S/C15H19NO5/c1-20-12-6-4-10(5-7-12)13(15(18)19)16-14(17)11-3-2-8-21-9-11/h4-7,11,13H,2-3,8-9H2,1H3,(H,16,17)(H,18,19)/t11-,13+/m0/s1. The van der Waals surface area contributed by atoms with E-state index < -0.39 is 12.0 Å². The Morgan fingerprint density at radius 1 is 1.38 bits per heavy atom. The van der Waals surface area contributed by atoms with E-state index in [-0.39, 0.29) is 11.8 Å². The van der Waals surface area contributed by atoms with Crippen molar-refractivity contribution in [1.29, 1.82) is 0 Å². The fourth-order valence-electron chi connectivity index (χ4n) is 2.29. The number of hydrogen-bond donors (Lipinski definition) is 2. The van der Waals surface area contributed by atoms with E-state index in [0.29, 0.717) is 24.5 Å². The molecule has 21 heavy (non-hydrogen) atoms. The molecule has 1 aliphatic rings. The minimum absolute atomic E-state index is 0.279. The number of carbonyl (C=O) groups excluding carboxylic acids is 1. The van der Waals surface area contributed by atoms with Crippen LogP contribution in [0.1, 0.15) is 24.4 Å². The number of hydrogen-bond acceptors (Lipinski definition) is 4. The zero-order chi connectivity index (χ0) is 15.2. The summed E-state index contributed by atoms with van der Waals surface area (Å²) in [5.74, 6) is -1.02. The number of methoxy groups -OCH3 is 1. The van der Waals surface area contributed by atoms with Crippen molar-refractivity contribution in [2.24, 2.45) is 5.92 Å². The summed E-state index contributed by atoms with van der Waals surface area (Å²) in [6.45, 7) is 1.01. The Kier molecular flexibility index (Phi) is 5.16. The average molecular weight is 293 g/mol. The summed E-state index contributed by atoms with van der Waals surface area (Å²) >= 11 is 0. The van der Waals surface area contributed by atoms with Gasteiger partial charge in [-0.05, 0) is 30.5 Å². The topological polar surface area (TPSA) is 84.9 Å². The normalized spacial score (nSPS) is 19.6. The third-order valence-electron chi connectivity index (χ3n) is 3.51. The maximum atomic E-state index is 12.1. The van der Waals surface area contributed by atoms with Crippen LogP contribution in [-0.4, -0.2) is 37.3 Å². The Labute approximate surface area is 123 Å². The highest BCUT2D eigenvalue weighted by molar-refractivity contribution is 5.86. The highest BCUT2D eigenvalue weighted by Crippen LogP contribution is 2.20. The van der Waals surface area contributed by atoms with Crippen LogP contribution in [0.3, 0.4) is 0 Å². The van der Waals surface area contributed by atoms with E-state index in [2.05, 4.69) is 5.32 Å². The van der Waals surface area contributed by atoms with Gasteiger partial charge in [-0.25, -0.2) is 4.79 Å². The van der Waals surface area contributed by atoms with E-state index in [1.165, 1.54) is 7.11 Å². The SMILES string of the molecule is COc1ccc([C@@H](NC(=O)[C@H]2CCCOC2)C(=O)O)cc1. The lowest BCUT2D eigenvalue weighted by molar-refractivity contribution is -0.143. The number of benzene rings is 1. The summed E-state index contributed by atoms with van der Waals surface area (Å²) in [5.41, 5.74) is 0.508. The van der Waals surface area contributed by atoms with Crippen LogP contribution < -0.4 is 10.1 Å².